The standard InChI is InChI=1S/C13H11F3N2O2/c14-13(15,16)12-5-8(17)7-4-10-11(6-9(7)18-12)20-3-1-2-19-10/h4-6H,1-3H2,(H2,17,18). The molecule has 0 aliphatic carbocycles. The van der Waals surface area contributed by atoms with Gasteiger partial charge in [0.25, 0.3) is 0 Å². The van der Waals surface area contributed by atoms with Crippen molar-refractivity contribution < 1.29 is 22.6 Å². The summed E-state index contributed by atoms with van der Waals surface area (Å²) in [6.45, 7) is 0.944. The van der Waals surface area contributed by atoms with Gasteiger partial charge in [-0.2, -0.15) is 13.2 Å². The summed E-state index contributed by atoms with van der Waals surface area (Å²) >= 11 is 0. The molecule has 0 radical (unpaired) electrons. The van der Waals surface area contributed by atoms with Crippen LogP contribution in [0, 0.1) is 0 Å². The maximum Gasteiger partial charge on any atom is 0.433 e. The average molecular weight is 284 g/mol. The van der Waals surface area contributed by atoms with Gasteiger partial charge in [0.1, 0.15) is 5.69 Å². The van der Waals surface area contributed by atoms with Crippen molar-refractivity contribution in [1.29, 1.82) is 0 Å². The van der Waals surface area contributed by atoms with Crippen LogP contribution < -0.4 is 15.2 Å². The Morgan fingerprint density at radius 3 is 2.35 bits per heavy atom. The molecule has 1 aromatic carbocycles. The molecule has 3 rings (SSSR count). The van der Waals surface area contributed by atoms with Gasteiger partial charge in [0, 0.05) is 23.6 Å². The highest BCUT2D eigenvalue weighted by atomic mass is 19.4. The number of hydrogen-bond acceptors (Lipinski definition) is 4. The zero-order chi connectivity index (χ0) is 14.3. The predicted octanol–water partition coefficient (Wildman–Crippen LogP) is 3.00. The summed E-state index contributed by atoms with van der Waals surface area (Å²) in [7, 11) is 0. The molecule has 20 heavy (non-hydrogen) atoms. The topological polar surface area (TPSA) is 57.4 Å². The van der Waals surface area contributed by atoms with Crippen LogP contribution in [-0.2, 0) is 6.18 Å². The van der Waals surface area contributed by atoms with E-state index in [0.717, 1.165) is 6.07 Å². The molecule has 2 aromatic rings. The molecular weight excluding hydrogens is 273 g/mol. The molecule has 1 aliphatic rings. The highest BCUT2D eigenvalue weighted by Crippen LogP contribution is 2.38. The Balaban J connectivity index is 2.21. The highest BCUT2D eigenvalue weighted by molar-refractivity contribution is 5.92. The average Bonchev–Trinajstić information content (AvgIpc) is 2.60. The van der Waals surface area contributed by atoms with Crippen molar-refractivity contribution in [1.82, 2.24) is 4.98 Å². The number of nitrogens with two attached hydrogens (primary N) is 1. The zero-order valence-corrected chi connectivity index (χ0v) is 10.3. The number of ether oxygens (including phenoxy) is 2. The van der Waals surface area contributed by atoms with Gasteiger partial charge in [-0.25, -0.2) is 4.98 Å². The molecule has 106 valence electrons. The van der Waals surface area contributed by atoms with Gasteiger partial charge in [0.15, 0.2) is 11.5 Å². The Kier molecular flexibility index (Phi) is 2.84. The Hall–Kier alpha value is -2.18. The Morgan fingerprint density at radius 1 is 1.05 bits per heavy atom. The molecule has 7 heteroatoms. The van der Waals surface area contributed by atoms with E-state index in [1.165, 1.54) is 6.07 Å². The Morgan fingerprint density at radius 2 is 1.70 bits per heavy atom. The van der Waals surface area contributed by atoms with Crippen LogP contribution in [-0.4, -0.2) is 18.2 Å². The van der Waals surface area contributed by atoms with Crippen molar-refractivity contribution in [2.24, 2.45) is 0 Å². The van der Waals surface area contributed by atoms with Crippen LogP contribution in [0.15, 0.2) is 18.2 Å². The van der Waals surface area contributed by atoms with E-state index in [-0.39, 0.29) is 11.2 Å². The van der Waals surface area contributed by atoms with Crippen molar-refractivity contribution in [2.45, 2.75) is 12.6 Å². The molecule has 0 unspecified atom stereocenters. The number of alkyl halides is 3. The number of pyridine rings is 1. The molecule has 0 fully saturated rings. The molecule has 2 heterocycles. The van der Waals surface area contributed by atoms with Crippen LogP contribution in [0.5, 0.6) is 11.5 Å². The third-order valence-corrected chi connectivity index (χ3v) is 3.00. The van der Waals surface area contributed by atoms with Crippen molar-refractivity contribution in [2.75, 3.05) is 18.9 Å². The fourth-order valence-corrected chi connectivity index (χ4v) is 2.05. The first-order chi connectivity index (χ1) is 9.45. The van der Waals surface area contributed by atoms with Crippen LogP contribution in [0.2, 0.25) is 0 Å². The number of rotatable bonds is 0. The lowest BCUT2D eigenvalue weighted by molar-refractivity contribution is -0.140. The smallest absolute Gasteiger partial charge is 0.433 e. The molecule has 0 spiro atoms. The van der Waals surface area contributed by atoms with E-state index >= 15 is 0 Å². The second-order valence-corrected chi connectivity index (χ2v) is 4.46. The third kappa shape index (κ3) is 2.19. The normalized spacial score (nSPS) is 15.2. The quantitative estimate of drug-likeness (QED) is 0.808. The summed E-state index contributed by atoms with van der Waals surface area (Å²) in [4.78, 5) is 3.61. The number of anilines is 1. The molecule has 0 saturated carbocycles. The summed E-state index contributed by atoms with van der Waals surface area (Å²) in [5, 5.41) is 0.419. The van der Waals surface area contributed by atoms with E-state index in [2.05, 4.69) is 4.98 Å². The highest BCUT2D eigenvalue weighted by Gasteiger charge is 2.33. The first-order valence-corrected chi connectivity index (χ1v) is 6.02. The van der Waals surface area contributed by atoms with E-state index in [9.17, 15) is 13.2 Å². The van der Waals surface area contributed by atoms with Gasteiger partial charge in [0.05, 0.1) is 18.7 Å². The molecular formula is C13H11F3N2O2. The van der Waals surface area contributed by atoms with Crippen LogP contribution in [0.1, 0.15) is 12.1 Å². The number of hydrogen-bond donors (Lipinski definition) is 1. The van der Waals surface area contributed by atoms with Crippen molar-refractivity contribution in [3.05, 3.63) is 23.9 Å². The Labute approximate surface area is 112 Å². The minimum absolute atomic E-state index is 0.0120. The fraction of sp³-hybridized carbons (Fsp3) is 0.308. The number of nitrogen functional groups attached to an aromatic ring is 1. The Bertz CT molecular complexity index is 671. The lowest BCUT2D eigenvalue weighted by Gasteiger charge is -2.12. The van der Waals surface area contributed by atoms with Crippen LogP contribution in [0.25, 0.3) is 10.9 Å². The molecule has 4 nitrogen and oxygen atoms in total. The number of halogens is 3. The van der Waals surface area contributed by atoms with Crippen LogP contribution >= 0.6 is 0 Å². The summed E-state index contributed by atoms with van der Waals surface area (Å²) in [5.41, 5.74) is 4.83. The molecule has 0 saturated heterocycles. The largest absolute Gasteiger partial charge is 0.490 e. The van der Waals surface area contributed by atoms with E-state index in [0.29, 0.717) is 36.5 Å². The van der Waals surface area contributed by atoms with E-state index in [4.69, 9.17) is 15.2 Å². The van der Waals surface area contributed by atoms with E-state index < -0.39 is 11.9 Å². The number of benzene rings is 1. The fourth-order valence-electron chi connectivity index (χ4n) is 2.05. The van der Waals surface area contributed by atoms with Gasteiger partial charge in [-0.1, -0.05) is 0 Å². The van der Waals surface area contributed by atoms with Gasteiger partial charge in [-0.3, -0.25) is 0 Å². The summed E-state index contributed by atoms with van der Waals surface area (Å²) in [6, 6.07) is 3.83. The summed E-state index contributed by atoms with van der Waals surface area (Å²) in [5.74, 6) is 0.865. The maximum absolute atomic E-state index is 12.7. The number of aromatic nitrogens is 1. The van der Waals surface area contributed by atoms with Crippen molar-refractivity contribution in [3.63, 3.8) is 0 Å². The first-order valence-electron chi connectivity index (χ1n) is 6.02. The first kappa shape index (κ1) is 12.8. The van der Waals surface area contributed by atoms with E-state index in [1.807, 2.05) is 0 Å². The van der Waals surface area contributed by atoms with Gasteiger partial charge in [0.2, 0.25) is 0 Å². The maximum atomic E-state index is 12.7. The summed E-state index contributed by atoms with van der Waals surface area (Å²) < 4.78 is 49.1. The molecule has 1 aromatic heterocycles. The molecule has 2 N–H and O–H groups in total. The number of nitrogens with zero attached hydrogens (tertiary/aromatic N) is 1. The molecule has 1 aliphatic heterocycles. The van der Waals surface area contributed by atoms with Crippen LogP contribution in [0.4, 0.5) is 18.9 Å². The predicted molar refractivity (Wildman–Crippen MR) is 66.8 cm³/mol. The van der Waals surface area contributed by atoms with Gasteiger partial charge in [-0.05, 0) is 12.1 Å². The summed E-state index contributed by atoms with van der Waals surface area (Å²) in [6.07, 6.45) is -3.83. The second-order valence-electron chi connectivity index (χ2n) is 4.46. The van der Waals surface area contributed by atoms with Crippen LogP contribution in [0.3, 0.4) is 0 Å². The lowest BCUT2D eigenvalue weighted by Crippen LogP contribution is -2.09. The monoisotopic (exact) mass is 284 g/mol. The lowest BCUT2D eigenvalue weighted by atomic mass is 10.1. The van der Waals surface area contributed by atoms with Crippen molar-refractivity contribution in [3.8, 4) is 11.5 Å². The third-order valence-electron chi connectivity index (χ3n) is 3.00. The van der Waals surface area contributed by atoms with Gasteiger partial charge < -0.3 is 15.2 Å². The van der Waals surface area contributed by atoms with Gasteiger partial charge >= 0.3 is 6.18 Å². The second kappa shape index (κ2) is 4.43. The number of fused-ring (bicyclic) bond motifs is 2. The molecule has 0 bridgehead atoms. The SMILES string of the molecule is Nc1cc(C(F)(F)F)nc2cc3c(cc12)OCCCO3. The minimum Gasteiger partial charge on any atom is -0.490 e. The molecule has 0 amide bonds. The van der Waals surface area contributed by atoms with Crippen molar-refractivity contribution >= 4 is 16.6 Å². The van der Waals surface area contributed by atoms with E-state index in [1.54, 1.807) is 6.07 Å². The molecule has 0 atom stereocenters. The zero-order valence-electron chi connectivity index (χ0n) is 10.3. The minimum atomic E-state index is -4.54. The van der Waals surface area contributed by atoms with Gasteiger partial charge in [-0.15, -0.1) is 0 Å².